The van der Waals surface area contributed by atoms with Crippen molar-refractivity contribution in [2.75, 3.05) is 0 Å². The first-order valence-corrected chi connectivity index (χ1v) is 5.76. The molecule has 1 saturated carbocycles. The third-order valence-corrected chi connectivity index (χ3v) is 4.66. The summed E-state index contributed by atoms with van der Waals surface area (Å²) in [6, 6.07) is -14.1. The largest absolute Gasteiger partial charge is 0.380 e. The molecule has 0 spiro atoms. The van der Waals surface area contributed by atoms with Crippen LogP contribution in [0.25, 0.3) is 0 Å². The summed E-state index contributed by atoms with van der Waals surface area (Å²) in [4.78, 5) is -3.55. The molecule has 2 heterocycles. The van der Waals surface area contributed by atoms with Gasteiger partial charge >= 0.3 is 41.5 Å². The van der Waals surface area contributed by atoms with E-state index in [0.717, 1.165) is 0 Å². The Morgan fingerprint density at radius 2 is 0.760 bits per heavy atom. The molecule has 4 atom stereocenters. The van der Waals surface area contributed by atoms with Crippen LogP contribution >= 0.6 is 0 Å². The van der Waals surface area contributed by atoms with Crippen molar-refractivity contribution in [3.63, 3.8) is 0 Å². The van der Waals surface area contributed by atoms with E-state index in [1.54, 1.807) is 0 Å². The molecular weight excluding hydrogens is 407 g/mol. The number of fused-ring (bicyclic) bond motifs is 5. The van der Waals surface area contributed by atoms with E-state index in [-0.39, 0.29) is 0 Å². The van der Waals surface area contributed by atoms with Crippen LogP contribution in [-0.2, 0) is 0 Å². The van der Waals surface area contributed by atoms with Gasteiger partial charge in [0.05, 0.1) is 0 Å². The van der Waals surface area contributed by atoms with Crippen molar-refractivity contribution in [2.24, 2.45) is 0 Å². The van der Waals surface area contributed by atoms with E-state index in [2.05, 4.69) is 0 Å². The van der Waals surface area contributed by atoms with Gasteiger partial charge in [0, 0.05) is 0 Å². The fourth-order valence-electron chi connectivity index (χ4n) is 3.46. The van der Waals surface area contributed by atoms with Crippen LogP contribution in [0.1, 0.15) is 0 Å². The van der Waals surface area contributed by atoms with Gasteiger partial charge in [-0.3, -0.25) is 0 Å². The van der Waals surface area contributed by atoms with E-state index < -0.39 is 57.8 Å². The van der Waals surface area contributed by atoms with Crippen LogP contribution in [0.4, 0.5) is 65.9 Å². The topological polar surface area (TPSA) is 3.24 Å². The van der Waals surface area contributed by atoms with Gasteiger partial charge in [0.25, 0.3) is 11.5 Å². The second-order valence-electron chi connectivity index (χ2n) is 5.65. The Hall–Kier alpha value is -1.09. The van der Waals surface area contributed by atoms with Crippen LogP contribution in [0.2, 0.25) is 0 Å². The fourth-order valence-corrected chi connectivity index (χ4v) is 3.46. The monoisotopic (exact) mass is 407 g/mol. The highest BCUT2D eigenvalue weighted by molar-refractivity contribution is 5.48. The molecule has 25 heavy (non-hydrogen) atoms. The third-order valence-electron chi connectivity index (χ3n) is 4.66. The lowest BCUT2D eigenvalue weighted by molar-refractivity contribution is -0.401. The summed E-state index contributed by atoms with van der Waals surface area (Å²) in [6.45, 7) is 0. The fraction of sp³-hybridized carbons (Fsp3) is 1.00. The van der Waals surface area contributed by atoms with Crippen LogP contribution in [0.3, 0.4) is 0 Å². The molecule has 2 saturated heterocycles. The van der Waals surface area contributed by atoms with Crippen molar-refractivity contribution in [3.05, 3.63) is 0 Å². The standard InChI is InChI=1S/C9F15N/c10-1-2(11)4(14,15)9(23,24)25(8(2,21)22)7(1,20)6(18,19)5(16,17)3(1,12)13. The molecule has 0 amide bonds. The number of hydrogen-bond acceptors (Lipinski definition) is 1. The molecule has 0 aromatic heterocycles. The van der Waals surface area contributed by atoms with Gasteiger partial charge in [-0.15, -0.1) is 4.90 Å². The zero-order chi connectivity index (χ0) is 20.1. The molecule has 146 valence electrons. The zero-order valence-corrected chi connectivity index (χ0v) is 10.6. The van der Waals surface area contributed by atoms with E-state index in [1.807, 2.05) is 0 Å². The molecule has 0 N–H and O–H groups in total. The molecular formula is C9F15N. The molecule has 3 fully saturated rings. The number of piperidine rings is 1. The Kier molecular flexibility index (Phi) is 2.63. The summed E-state index contributed by atoms with van der Waals surface area (Å²) in [5.41, 5.74) is -14.9. The zero-order valence-electron chi connectivity index (χ0n) is 10.6. The van der Waals surface area contributed by atoms with Gasteiger partial charge < -0.3 is 0 Å². The first-order chi connectivity index (χ1) is 10.6. The molecule has 2 bridgehead atoms. The molecule has 0 radical (unpaired) electrons. The first-order valence-electron chi connectivity index (χ1n) is 5.76. The predicted octanol–water partition coefficient (Wildman–Crippen LogP) is 4.14. The van der Waals surface area contributed by atoms with Crippen molar-refractivity contribution in [1.29, 1.82) is 0 Å². The average molecular weight is 407 g/mol. The number of alkyl halides is 15. The van der Waals surface area contributed by atoms with E-state index >= 15 is 0 Å². The molecule has 4 unspecified atom stereocenters. The van der Waals surface area contributed by atoms with Gasteiger partial charge in [0.2, 0.25) is 0 Å². The van der Waals surface area contributed by atoms with E-state index in [1.165, 1.54) is 0 Å². The highest BCUT2D eigenvalue weighted by atomic mass is 19.4. The Morgan fingerprint density at radius 3 is 1.16 bits per heavy atom. The van der Waals surface area contributed by atoms with Crippen LogP contribution in [0.5, 0.6) is 0 Å². The molecule has 16 heteroatoms. The quantitative estimate of drug-likeness (QED) is 0.431. The lowest BCUT2D eigenvalue weighted by Crippen LogP contribution is -2.79. The summed E-state index contributed by atoms with van der Waals surface area (Å²) in [5.74, 6) is -36.9. The number of nitrogens with zero attached hydrogens (tertiary/aromatic N) is 1. The average Bonchev–Trinajstić information content (AvgIpc) is 2.60. The van der Waals surface area contributed by atoms with E-state index in [9.17, 15) is 65.9 Å². The Labute approximate surface area is 125 Å². The van der Waals surface area contributed by atoms with Gasteiger partial charge in [0.1, 0.15) is 0 Å². The Balaban J connectivity index is 2.57. The van der Waals surface area contributed by atoms with Crippen LogP contribution in [0.15, 0.2) is 0 Å². The minimum Gasteiger partial charge on any atom is -0.227 e. The van der Waals surface area contributed by atoms with Crippen molar-refractivity contribution < 1.29 is 65.9 Å². The van der Waals surface area contributed by atoms with Crippen molar-refractivity contribution in [3.8, 4) is 0 Å². The number of rotatable bonds is 0. The molecule has 3 aliphatic rings. The van der Waals surface area contributed by atoms with E-state index in [4.69, 9.17) is 0 Å². The smallest absolute Gasteiger partial charge is 0.227 e. The SMILES string of the molecule is FC1(F)N2C(F)(F)C(F)(C1(F)F)C1(F)C(F)(F)C(F)(F)C(F)(F)C21F. The molecule has 3 rings (SSSR count). The molecule has 0 aromatic rings. The van der Waals surface area contributed by atoms with Crippen LogP contribution in [0, 0.1) is 0 Å². The number of hydrogen-bond donors (Lipinski definition) is 0. The highest BCUT2D eigenvalue weighted by Gasteiger charge is 3.20. The summed E-state index contributed by atoms with van der Waals surface area (Å²) in [7, 11) is 0. The number of halogens is 15. The van der Waals surface area contributed by atoms with Gasteiger partial charge in [-0.05, 0) is 0 Å². The van der Waals surface area contributed by atoms with Gasteiger partial charge in [-0.2, -0.15) is 52.7 Å². The maximum Gasteiger partial charge on any atom is 0.380 e. The normalized spacial score (nSPS) is 52.2. The van der Waals surface area contributed by atoms with Crippen molar-refractivity contribution >= 4 is 0 Å². The third kappa shape index (κ3) is 1.04. The lowest BCUT2D eigenvalue weighted by Gasteiger charge is -2.46. The molecule has 1 aliphatic carbocycles. The van der Waals surface area contributed by atoms with Gasteiger partial charge in [-0.25, -0.2) is 13.2 Å². The summed E-state index contributed by atoms with van der Waals surface area (Å²) in [5, 5.41) is 0. The van der Waals surface area contributed by atoms with Gasteiger partial charge in [-0.1, -0.05) is 0 Å². The van der Waals surface area contributed by atoms with Crippen LogP contribution < -0.4 is 0 Å². The second-order valence-corrected chi connectivity index (χ2v) is 5.65. The predicted molar refractivity (Wildman–Crippen MR) is 43.0 cm³/mol. The lowest BCUT2D eigenvalue weighted by atomic mass is 9.75. The highest BCUT2D eigenvalue weighted by Crippen LogP contribution is 2.86. The summed E-state index contributed by atoms with van der Waals surface area (Å²) >= 11 is 0. The minimum atomic E-state index is -7.56. The van der Waals surface area contributed by atoms with E-state index in [0.29, 0.717) is 0 Å². The summed E-state index contributed by atoms with van der Waals surface area (Å²) in [6.07, 6.45) is 0. The maximum atomic E-state index is 14.3. The van der Waals surface area contributed by atoms with Crippen molar-refractivity contribution in [1.82, 2.24) is 4.90 Å². The van der Waals surface area contributed by atoms with Crippen molar-refractivity contribution in [2.45, 2.75) is 52.9 Å². The van der Waals surface area contributed by atoms with Gasteiger partial charge in [0.15, 0.2) is 0 Å². The Morgan fingerprint density at radius 1 is 0.360 bits per heavy atom. The first kappa shape index (κ1) is 18.7. The summed E-state index contributed by atoms with van der Waals surface area (Å²) < 4.78 is 203. The molecule has 0 aromatic carbocycles. The molecule has 1 nitrogen and oxygen atoms in total. The second kappa shape index (κ2) is 3.52. The molecule has 2 aliphatic heterocycles. The van der Waals surface area contributed by atoms with Crippen LogP contribution in [-0.4, -0.2) is 57.8 Å². The minimum absolute atomic E-state index is 3.55. The maximum absolute atomic E-state index is 14.3. The Bertz CT molecular complexity index is 670.